The number of aromatic nitrogens is 4. The Morgan fingerprint density at radius 1 is 1.22 bits per heavy atom. The Morgan fingerprint density at radius 2 is 2.06 bits per heavy atom. The maximum Gasteiger partial charge on any atom is 0.233 e. The molecule has 1 aliphatic carbocycles. The van der Waals surface area contributed by atoms with Gasteiger partial charge in [-0.3, -0.25) is 0 Å². The van der Waals surface area contributed by atoms with Gasteiger partial charge in [-0.25, -0.2) is 9.97 Å². The van der Waals surface area contributed by atoms with Crippen molar-refractivity contribution >= 4 is 11.6 Å². The molecule has 0 bridgehead atoms. The molecule has 92 valence electrons. The summed E-state index contributed by atoms with van der Waals surface area (Å²) in [7, 11) is 1.55. The highest BCUT2D eigenvalue weighted by molar-refractivity contribution is 6.29. The molecule has 0 amide bonds. The maximum absolute atomic E-state index is 6.01. The zero-order valence-electron chi connectivity index (χ0n) is 9.80. The monoisotopic (exact) mass is 262 g/mol. The predicted molar refractivity (Wildman–Crippen MR) is 66.6 cm³/mol. The molecule has 0 unspecified atom stereocenters. The van der Waals surface area contributed by atoms with Crippen LogP contribution in [0.2, 0.25) is 5.15 Å². The molecular weight excluding hydrogens is 252 g/mol. The smallest absolute Gasteiger partial charge is 0.233 e. The van der Waals surface area contributed by atoms with E-state index in [1.54, 1.807) is 19.2 Å². The van der Waals surface area contributed by atoms with Crippen LogP contribution in [0.15, 0.2) is 18.2 Å². The van der Waals surface area contributed by atoms with E-state index in [4.69, 9.17) is 16.3 Å². The van der Waals surface area contributed by atoms with Crippen molar-refractivity contribution in [2.45, 2.75) is 18.8 Å². The summed E-state index contributed by atoms with van der Waals surface area (Å²) in [5.74, 6) is 1.50. The molecule has 3 rings (SSSR count). The predicted octanol–water partition coefficient (Wildman–Crippen LogP) is 2.47. The Labute approximate surface area is 109 Å². The lowest BCUT2D eigenvalue weighted by molar-refractivity contribution is 0.392. The highest BCUT2D eigenvalue weighted by Crippen LogP contribution is 2.39. The molecule has 5 nitrogen and oxygen atoms in total. The lowest BCUT2D eigenvalue weighted by Gasteiger charge is -2.03. The third-order valence-electron chi connectivity index (χ3n) is 2.79. The fraction of sp³-hybridized carbons (Fsp3) is 0.333. The Kier molecular flexibility index (Phi) is 2.83. The molecule has 0 aromatic carbocycles. The van der Waals surface area contributed by atoms with Gasteiger partial charge in [0, 0.05) is 17.7 Å². The van der Waals surface area contributed by atoms with Gasteiger partial charge in [-0.2, -0.15) is 0 Å². The van der Waals surface area contributed by atoms with Gasteiger partial charge >= 0.3 is 0 Å². The number of nitrogens with zero attached hydrogens (tertiary/aromatic N) is 4. The minimum absolute atomic E-state index is 0.444. The summed E-state index contributed by atoms with van der Waals surface area (Å²) in [6.07, 6.45) is 2.34. The van der Waals surface area contributed by atoms with Gasteiger partial charge in [-0.15, -0.1) is 10.2 Å². The minimum Gasteiger partial charge on any atom is -0.480 e. The van der Waals surface area contributed by atoms with Crippen LogP contribution in [0, 0.1) is 0 Å². The van der Waals surface area contributed by atoms with Crippen molar-refractivity contribution in [2.75, 3.05) is 7.11 Å². The normalized spacial score (nSPS) is 14.6. The average Bonchev–Trinajstić information content (AvgIpc) is 3.22. The molecule has 1 fully saturated rings. The van der Waals surface area contributed by atoms with Crippen molar-refractivity contribution in [3.63, 3.8) is 0 Å². The summed E-state index contributed by atoms with van der Waals surface area (Å²) in [5, 5.41) is 8.37. The van der Waals surface area contributed by atoms with Crippen LogP contribution in [-0.2, 0) is 0 Å². The summed E-state index contributed by atoms with van der Waals surface area (Å²) in [5.41, 5.74) is 1.59. The second-order valence-electron chi connectivity index (χ2n) is 4.17. The Morgan fingerprint density at radius 3 is 2.67 bits per heavy atom. The van der Waals surface area contributed by atoms with E-state index in [2.05, 4.69) is 20.2 Å². The first-order valence-corrected chi connectivity index (χ1v) is 6.06. The van der Waals surface area contributed by atoms with Crippen molar-refractivity contribution in [1.29, 1.82) is 0 Å². The number of hydrogen-bond acceptors (Lipinski definition) is 5. The van der Waals surface area contributed by atoms with Gasteiger partial charge in [-0.05, 0) is 25.0 Å². The number of rotatable bonds is 3. The van der Waals surface area contributed by atoms with E-state index >= 15 is 0 Å². The van der Waals surface area contributed by atoms with E-state index in [9.17, 15) is 0 Å². The van der Waals surface area contributed by atoms with Gasteiger partial charge in [0.2, 0.25) is 5.88 Å². The quantitative estimate of drug-likeness (QED) is 0.795. The number of methoxy groups -OCH3 is 1. The standard InChI is InChI=1S/C12H11ClN4O/c1-18-11-5-4-8(16-17-11)12-14-9(7-2-3-7)6-10(13)15-12/h4-7H,2-3H2,1H3. The molecule has 0 radical (unpaired) electrons. The highest BCUT2D eigenvalue weighted by Gasteiger charge is 2.26. The Hall–Kier alpha value is -1.75. The number of halogens is 1. The zero-order valence-corrected chi connectivity index (χ0v) is 10.6. The fourth-order valence-electron chi connectivity index (χ4n) is 1.69. The van der Waals surface area contributed by atoms with E-state index < -0.39 is 0 Å². The van der Waals surface area contributed by atoms with Crippen LogP contribution < -0.4 is 4.74 Å². The van der Waals surface area contributed by atoms with Gasteiger partial charge in [0.15, 0.2) is 5.82 Å². The molecule has 2 aromatic rings. The highest BCUT2D eigenvalue weighted by atomic mass is 35.5. The van der Waals surface area contributed by atoms with Crippen molar-refractivity contribution in [1.82, 2.24) is 20.2 Å². The van der Waals surface area contributed by atoms with Gasteiger partial charge in [0.05, 0.1) is 7.11 Å². The first-order valence-electron chi connectivity index (χ1n) is 5.69. The maximum atomic E-state index is 6.01. The second kappa shape index (κ2) is 4.49. The largest absolute Gasteiger partial charge is 0.480 e. The summed E-state index contributed by atoms with van der Waals surface area (Å²) in [6.45, 7) is 0. The van der Waals surface area contributed by atoms with Crippen LogP contribution in [0.4, 0.5) is 0 Å². The molecule has 1 aliphatic rings. The van der Waals surface area contributed by atoms with Gasteiger partial charge in [-0.1, -0.05) is 11.6 Å². The Balaban J connectivity index is 1.98. The van der Waals surface area contributed by atoms with Gasteiger partial charge < -0.3 is 4.74 Å². The summed E-state index contributed by atoms with van der Waals surface area (Å²) >= 11 is 6.01. The molecule has 0 aliphatic heterocycles. The van der Waals surface area contributed by atoms with Crippen LogP contribution in [0.25, 0.3) is 11.5 Å². The lowest BCUT2D eigenvalue weighted by Crippen LogP contribution is -1.98. The topological polar surface area (TPSA) is 60.8 Å². The molecule has 2 heterocycles. The first-order chi connectivity index (χ1) is 8.76. The van der Waals surface area contributed by atoms with Crippen molar-refractivity contribution in [2.24, 2.45) is 0 Å². The van der Waals surface area contributed by atoms with Crippen LogP contribution in [-0.4, -0.2) is 27.3 Å². The zero-order chi connectivity index (χ0) is 12.5. The molecule has 18 heavy (non-hydrogen) atoms. The van der Waals surface area contributed by atoms with Crippen molar-refractivity contribution in [3.05, 3.63) is 29.0 Å². The third kappa shape index (κ3) is 2.26. The summed E-state index contributed by atoms with van der Waals surface area (Å²) in [6, 6.07) is 5.32. The molecule has 2 aromatic heterocycles. The minimum atomic E-state index is 0.444. The summed E-state index contributed by atoms with van der Waals surface area (Å²) < 4.78 is 4.96. The van der Waals surface area contributed by atoms with E-state index in [1.807, 2.05) is 6.07 Å². The lowest BCUT2D eigenvalue weighted by atomic mass is 10.2. The van der Waals surface area contributed by atoms with Crippen LogP contribution in [0.5, 0.6) is 5.88 Å². The SMILES string of the molecule is COc1ccc(-c2nc(Cl)cc(C3CC3)n2)nn1. The molecular formula is C12H11ClN4O. The molecule has 0 N–H and O–H groups in total. The van der Waals surface area contributed by atoms with Crippen molar-refractivity contribution < 1.29 is 4.74 Å². The molecule has 0 atom stereocenters. The van der Waals surface area contributed by atoms with E-state index in [0.717, 1.165) is 5.69 Å². The second-order valence-corrected chi connectivity index (χ2v) is 4.56. The van der Waals surface area contributed by atoms with E-state index in [-0.39, 0.29) is 0 Å². The third-order valence-corrected chi connectivity index (χ3v) is 2.98. The molecule has 6 heteroatoms. The molecule has 1 saturated carbocycles. The van der Waals surface area contributed by atoms with Crippen LogP contribution in [0.1, 0.15) is 24.5 Å². The Bertz CT molecular complexity index is 569. The van der Waals surface area contributed by atoms with Crippen LogP contribution >= 0.6 is 11.6 Å². The van der Waals surface area contributed by atoms with Crippen molar-refractivity contribution in [3.8, 4) is 17.4 Å². The number of hydrogen-bond donors (Lipinski definition) is 0. The van der Waals surface area contributed by atoms with E-state index in [0.29, 0.717) is 28.5 Å². The summed E-state index contributed by atoms with van der Waals surface area (Å²) in [4.78, 5) is 8.66. The number of ether oxygens (including phenoxy) is 1. The van der Waals surface area contributed by atoms with E-state index in [1.165, 1.54) is 12.8 Å². The fourth-order valence-corrected chi connectivity index (χ4v) is 1.88. The van der Waals surface area contributed by atoms with Gasteiger partial charge in [0.1, 0.15) is 10.8 Å². The van der Waals surface area contributed by atoms with Crippen LogP contribution in [0.3, 0.4) is 0 Å². The van der Waals surface area contributed by atoms with Gasteiger partial charge in [0.25, 0.3) is 0 Å². The first kappa shape index (κ1) is 11.3. The average molecular weight is 263 g/mol. The molecule has 0 spiro atoms. The molecule has 0 saturated heterocycles.